The topological polar surface area (TPSA) is 58.2 Å². The van der Waals surface area contributed by atoms with Gasteiger partial charge in [-0.15, -0.1) is 0 Å². The number of benzene rings is 2. The molecule has 2 rings (SSSR count). The fourth-order valence-electron chi connectivity index (χ4n) is 3.12. The molecule has 0 aliphatic heterocycles. The zero-order valence-corrected chi connectivity index (χ0v) is 19.7. The maximum Gasteiger partial charge on any atom is 0.243 e. The van der Waals surface area contributed by atoms with E-state index in [1.165, 1.54) is 11.1 Å². The van der Waals surface area contributed by atoms with E-state index in [0.717, 1.165) is 24.0 Å². The minimum absolute atomic E-state index is 0.103. The molecular formula is C28H36N2O2. The fourth-order valence-corrected chi connectivity index (χ4v) is 3.12. The van der Waals surface area contributed by atoms with Crippen LogP contribution in [0.2, 0.25) is 0 Å². The molecule has 0 radical (unpaired) electrons. The Morgan fingerprint density at radius 2 is 1.00 bits per heavy atom. The lowest BCUT2D eigenvalue weighted by Crippen LogP contribution is -2.25. The quantitative estimate of drug-likeness (QED) is 0.355. The van der Waals surface area contributed by atoms with Crippen LogP contribution in [-0.4, -0.2) is 24.9 Å². The van der Waals surface area contributed by atoms with Crippen LogP contribution in [0.3, 0.4) is 0 Å². The first-order valence-corrected chi connectivity index (χ1v) is 11.5. The molecule has 0 heterocycles. The SMILES string of the molecule is CC(C)c1ccc(C=CC(=O)NCCCCNC(=O)C=Cc2ccc(C(C)C)cc2)cc1. The summed E-state index contributed by atoms with van der Waals surface area (Å²) in [4.78, 5) is 23.9. The Balaban J connectivity index is 1.59. The van der Waals surface area contributed by atoms with Crippen molar-refractivity contribution in [2.24, 2.45) is 0 Å². The molecule has 0 unspecified atom stereocenters. The molecule has 0 atom stereocenters. The van der Waals surface area contributed by atoms with Gasteiger partial charge in [0.15, 0.2) is 0 Å². The average molecular weight is 433 g/mol. The van der Waals surface area contributed by atoms with Crippen molar-refractivity contribution in [3.63, 3.8) is 0 Å². The first kappa shape index (κ1) is 25.1. The molecule has 0 saturated heterocycles. The highest BCUT2D eigenvalue weighted by atomic mass is 16.2. The Labute approximate surface area is 192 Å². The van der Waals surface area contributed by atoms with Gasteiger partial charge in [-0.05, 0) is 59.1 Å². The van der Waals surface area contributed by atoms with E-state index >= 15 is 0 Å². The van der Waals surface area contributed by atoms with E-state index in [9.17, 15) is 9.59 Å². The van der Waals surface area contributed by atoms with E-state index in [2.05, 4.69) is 62.6 Å². The van der Waals surface area contributed by atoms with Crippen LogP contribution >= 0.6 is 0 Å². The molecule has 4 nitrogen and oxygen atoms in total. The van der Waals surface area contributed by atoms with Gasteiger partial charge in [0.2, 0.25) is 11.8 Å². The summed E-state index contributed by atoms with van der Waals surface area (Å²) < 4.78 is 0. The lowest BCUT2D eigenvalue weighted by Gasteiger charge is -2.05. The standard InChI is InChI=1S/C28H36N2O2/c1-21(2)25-13-7-23(8-14-25)11-17-27(31)29-19-5-6-20-30-28(32)18-12-24-9-15-26(16-10-24)22(3)4/h7-18,21-22H,5-6,19-20H2,1-4H3,(H,29,31)(H,30,32). The molecule has 0 spiro atoms. The monoisotopic (exact) mass is 432 g/mol. The Hall–Kier alpha value is -3.14. The number of nitrogens with one attached hydrogen (secondary N) is 2. The molecule has 0 fully saturated rings. The summed E-state index contributed by atoms with van der Waals surface area (Å²) in [6.07, 6.45) is 8.38. The Morgan fingerprint density at radius 1 is 0.656 bits per heavy atom. The van der Waals surface area contributed by atoms with Crippen LogP contribution in [0.1, 0.15) is 74.6 Å². The number of carbonyl (C=O) groups excluding carboxylic acids is 2. The van der Waals surface area contributed by atoms with Gasteiger partial charge in [0.25, 0.3) is 0 Å². The van der Waals surface area contributed by atoms with Crippen molar-refractivity contribution in [2.75, 3.05) is 13.1 Å². The Bertz CT molecular complexity index is 830. The molecule has 2 N–H and O–H groups in total. The van der Waals surface area contributed by atoms with Crippen LogP contribution in [0, 0.1) is 0 Å². The summed E-state index contributed by atoms with van der Waals surface area (Å²) in [5.74, 6) is 0.792. The molecule has 0 aliphatic rings. The highest BCUT2D eigenvalue weighted by Crippen LogP contribution is 2.16. The first-order valence-electron chi connectivity index (χ1n) is 11.5. The molecule has 4 heteroatoms. The number of carbonyl (C=O) groups is 2. The molecule has 0 aliphatic carbocycles. The van der Waals surface area contributed by atoms with Gasteiger partial charge in [-0.25, -0.2) is 0 Å². The summed E-state index contributed by atoms with van der Waals surface area (Å²) in [6.45, 7) is 9.81. The lowest BCUT2D eigenvalue weighted by atomic mass is 10.0. The first-order chi connectivity index (χ1) is 15.3. The van der Waals surface area contributed by atoms with Crippen molar-refractivity contribution < 1.29 is 9.59 Å². The number of hydrogen-bond donors (Lipinski definition) is 2. The van der Waals surface area contributed by atoms with E-state index in [0.29, 0.717) is 24.9 Å². The van der Waals surface area contributed by atoms with Crippen molar-refractivity contribution >= 4 is 24.0 Å². The van der Waals surface area contributed by atoms with Crippen LogP contribution in [0.25, 0.3) is 12.2 Å². The molecule has 2 aromatic rings. The van der Waals surface area contributed by atoms with E-state index in [-0.39, 0.29) is 11.8 Å². The number of rotatable bonds is 11. The Kier molecular flexibility index (Phi) is 10.5. The van der Waals surface area contributed by atoms with Gasteiger partial charge in [0, 0.05) is 25.2 Å². The molecule has 32 heavy (non-hydrogen) atoms. The highest BCUT2D eigenvalue weighted by molar-refractivity contribution is 5.92. The normalized spacial score (nSPS) is 11.6. The summed E-state index contributed by atoms with van der Waals surface area (Å²) in [7, 11) is 0. The fraction of sp³-hybridized carbons (Fsp3) is 0.357. The predicted octanol–water partition coefficient (Wildman–Crippen LogP) is 5.67. The Morgan fingerprint density at radius 3 is 1.31 bits per heavy atom. The van der Waals surface area contributed by atoms with Gasteiger partial charge < -0.3 is 10.6 Å². The molecule has 0 aromatic heterocycles. The van der Waals surface area contributed by atoms with Gasteiger partial charge in [-0.1, -0.05) is 76.2 Å². The van der Waals surface area contributed by atoms with Crippen molar-refractivity contribution in [3.8, 4) is 0 Å². The van der Waals surface area contributed by atoms with E-state index < -0.39 is 0 Å². The molecule has 2 amide bonds. The average Bonchev–Trinajstić information content (AvgIpc) is 2.79. The second kappa shape index (κ2) is 13.3. The lowest BCUT2D eigenvalue weighted by molar-refractivity contribution is -0.117. The highest BCUT2D eigenvalue weighted by Gasteiger charge is 2.00. The molecule has 0 saturated carbocycles. The van der Waals surface area contributed by atoms with Crippen LogP contribution in [0.5, 0.6) is 0 Å². The maximum absolute atomic E-state index is 11.9. The molecule has 0 bridgehead atoms. The summed E-state index contributed by atoms with van der Waals surface area (Å²) >= 11 is 0. The maximum atomic E-state index is 11.9. The molecular weight excluding hydrogens is 396 g/mol. The van der Waals surface area contributed by atoms with Gasteiger partial charge in [-0.3, -0.25) is 9.59 Å². The van der Waals surface area contributed by atoms with Crippen molar-refractivity contribution in [3.05, 3.63) is 82.9 Å². The van der Waals surface area contributed by atoms with Crippen molar-refractivity contribution in [1.82, 2.24) is 10.6 Å². The van der Waals surface area contributed by atoms with Crippen molar-refractivity contribution in [2.45, 2.75) is 52.4 Å². The van der Waals surface area contributed by atoms with Crippen LogP contribution in [-0.2, 0) is 9.59 Å². The zero-order chi connectivity index (χ0) is 23.3. The van der Waals surface area contributed by atoms with E-state index in [4.69, 9.17) is 0 Å². The third-order valence-corrected chi connectivity index (χ3v) is 5.26. The number of amides is 2. The smallest absolute Gasteiger partial charge is 0.243 e. The number of hydrogen-bond acceptors (Lipinski definition) is 2. The minimum atomic E-state index is -0.103. The van der Waals surface area contributed by atoms with Crippen molar-refractivity contribution in [1.29, 1.82) is 0 Å². The second-order valence-corrected chi connectivity index (χ2v) is 8.60. The second-order valence-electron chi connectivity index (χ2n) is 8.60. The predicted molar refractivity (Wildman–Crippen MR) is 134 cm³/mol. The third-order valence-electron chi connectivity index (χ3n) is 5.26. The van der Waals surface area contributed by atoms with Crippen LogP contribution in [0.4, 0.5) is 0 Å². The summed E-state index contributed by atoms with van der Waals surface area (Å²) in [5, 5.41) is 5.75. The molecule has 2 aromatic carbocycles. The minimum Gasteiger partial charge on any atom is -0.353 e. The van der Waals surface area contributed by atoms with Gasteiger partial charge in [-0.2, -0.15) is 0 Å². The van der Waals surface area contributed by atoms with Gasteiger partial charge in [0.1, 0.15) is 0 Å². The molecule has 170 valence electrons. The van der Waals surface area contributed by atoms with Gasteiger partial charge in [0.05, 0.1) is 0 Å². The summed E-state index contributed by atoms with van der Waals surface area (Å²) in [6, 6.07) is 16.5. The van der Waals surface area contributed by atoms with Crippen LogP contribution in [0.15, 0.2) is 60.7 Å². The number of unbranched alkanes of at least 4 members (excludes halogenated alkanes) is 1. The summed E-state index contributed by atoms with van der Waals surface area (Å²) in [5.41, 5.74) is 4.59. The zero-order valence-electron chi connectivity index (χ0n) is 19.7. The van der Waals surface area contributed by atoms with E-state index in [1.54, 1.807) is 12.2 Å². The van der Waals surface area contributed by atoms with E-state index in [1.807, 2.05) is 36.4 Å². The van der Waals surface area contributed by atoms with Gasteiger partial charge >= 0.3 is 0 Å². The van der Waals surface area contributed by atoms with Crippen LogP contribution < -0.4 is 10.6 Å². The third kappa shape index (κ3) is 9.34. The largest absolute Gasteiger partial charge is 0.353 e.